The second-order valence-corrected chi connectivity index (χ2v) is 7.78. The van der Waals surface area contributed by atoms with Crippen molar-refractivity contribution < 1.29 is 22.8 Å². The lowest BCUT2D eigenvalue weighted by Crippen LogP contribution is -3.09. The zero-order valence-corrected chi connectivity index (χ0v) is 15.1. The monoisotopic (exact) mass is 356 g/mol. The van der Waals surface area contributed by atoms with E-state index in [9.17, 15) is 13.2 Å². The van der Waals surface area contributed by atoms with Crippen LogP contribution in [0.2, 0.25) is 0 Å². The van der Waals surface area contributed by atoms with Crippen LogP contribution in [0.5, 0.6) is 5.75 Å². The summed E-state index contributed by atoms with van der Waals surface area (Å²) in [6.45, 7) is 3.58. The zero-order valence-electron chi connectivity index (χ0n) is 14.2. The molecular formula is C16H26N3O4S+. The average molecular weight is 356 g/mol. The molecule has 24 heavy (non-hydrogen) atoms. The van der Waals surface area contributed by atoms with Crippen molar-refractivity contribution in [3.63, 3.8) is 0 Å². The molecule has 1 amide bonds. The van der Waals surface area contributed by atoms with Gasteiger partial charge in [-0.05, 0) is 24.3 Å². The summed E-state index contributed by atoms with van der Waals surface area (Å²) < 4.78 is 31.9. The van der Waals surface area contributed by atoms with Gasteiger partial charge in [0.2, 0.25) is 15.9 Å². The minimum atomic E-state index is -3.61. The number of nitrogens with one attached hydrogen (secondary N) is 2. The highest BCUT2D eigenvalue weighted by Gasteiger charge is 2.20. The van der Waals surface area contributed by atoms with Gasteiger partial charge >= 0.3 is 0 Å². The third kappa shape index (κ3) is 5.19. The third-order valence-corrected chi connectivity index (χ3v) is 5.67. The zero-order chi connectivity index (χ0) is 17.6. The predicted octanol–water partition coefficient (Wildman–Crippen LogP) is -0.889. The summed E-state index contributed by atoms with van der Waals surface area (Å²) in [5.41, 5.74) is 0. The number of methoxy groups -OCH3 is 1. The molecule has 0 radical (unpaired) electrons. The maximum Gasteiger partial charge on any atom is 0.240 e. The van der Waals surface area contributed by atoms with Gasteiger partial charge in [0.1, 0.15) is 5.75 Å². The summed E-state index contributed by atoms with van der Waals surface area (Å²) in [4.78, 5) is 15.6. The van der Waals surface area contributed by atoms with Crippen LogP contribution in [0, 0.1) is 0 Å². The van der Waals surface area contributed by atoms with Crippen LogP contribution in [0.4, 0.5) is 0 Å². The van der Waals surface area contributed by atoms with Gasteiger partial charge in [0, 0.05) is 25.9 Å². The van der Waals surface area contributed by atoms with E-state index in [1.807, 2.05) is 4.90 Å². The first kappa shape index (κ1) is 18.7. The molecule has 1 heterocycles. The number of rotatable bonds is 6. The fourth-order valence-corrected chi connectivity index (χ4v) is 3.70. The van der Waals surface area contributed by atoms with Crippen molar-refractivity contribution in [2.45, 2.75) is 17.7 Å². The molecule has 0 bridgehead atoms. The van der Waals surface area contributed by atoms with E-state index in [0.29, 0.717) is 5.75 Å². The Bertz CT molecular complexity index is 646. The van der Waals surface area contributed by atoms with Gasteiger partial charge in [-0.15, -0.1) is 0 Å². The quantitative estimate of drug-likeness (QED) is 0.693. The SMILES string of the molecule is COc1ccc(S(=O)(=O)NCCC(=O)N2CCC[NH+](C)CC2)cc1. The molecule has 1 aliphatic rings. The van der Waals surface area contributed by atoms with Crippen LogP contribution in [0.1, 0.15) is 12.8 Å². The van der Waals surface area contributed by atoms with Crippen LogP contribution < -0.4 is 14.4 Å². The molecule has 2 rings (SSSR count). The van der Waals surface area contributed by atoms with E-state index in [2.05, 4.69) is 11.8 Å². The van der Waals surface area contributed by atoms with Crippen LogP contribution in [0.25, 0.3) is 0 Å². The minimum Gasteiger partial charge on any atom is -0.497 e. The summed E-state index contributed by atoms with van der Waals surface area (Å²) in [7, 11) is 0.0372. The van der Waals surface area contributed by atoms with Crippen molar-refractivity contribution in [2.75, 3.05) is 46.9 Å². The second kappa shape index (κ2) is 8.46. The average Bonchev–Trinajstić information content (AvgIpc) is 2.79. The van der Waals surface area contributed by atoms with Crippen molar-refractivity contribution in [3.05, 3.63) is 24.3 Å². The number of hydrogen-bond donors (Lipinski definition) is 2. The first-order valence-electron chi connectivity index (χ1n) is 8.15. The second-order valence-electron chi connectivity index (χ2n) is 6.01. The molecule has 0 saturated carbocycles. The number of hydrogen-bond acceptors (Lipinski definition) is 4. The van der Waals surface area contributed by atoms with E-state index in [4.69, 9.17) is 4.74 Å². The Morgan fingerprint density at radius 2 is 1.96 bits per heavy atom. The van der Waals surface area contributed by atoms with Crippen LogP contribution in [0.3, 0.4) is 0 Å². The molecule has 1 fully saturated rings. The molecule has 1 saturated heterocycles. The van der Waals surface area contributed by atoms with Crippen molar-refractivity contribution in [1.82, 2.24) is 9.62 Å². The van der Waals surface area contributed by atoms with E-state index >= 15 is 0 Å². The fraction of sp³-hybridized carbons (Fsp3) is 0.562. The van der Waals surface area contributed by atoms with Crippen LogP contribution in [-0.2, 0) is 14.8 Å². The molecule has 1 aromatic carbocycles. The molecule has 1 aliphatic heterocycles. The van der Waals surface area contributed by atoms with Crippen LogP contribution in [0.15, 0.2) is 29.2 Å². The van der Waals surface area contributed by atoms with Gasteiger partial charge < -0.3 is 14.5 Å². The maximum atomic E-state index is 12.2. The maximum absolute atomic E-state index is 12.2. The number of ether oxygens (including phenoxy) is 1. The Morgan fingerprint density at radius 3 is 2.62 bits per heavy atom. The number of likely N-dealkylation sites (N-methyl/N-ethyl adjacent to an activating group) is 1. The predicted molar refractivity (Wildman–Crippen MR) is 90.6 cm³/mol. The lowest BCUT2D eigenvalue weighted by atomic mass is 10.3. The molecule has 1 unspecified atom stereocenters. The minimum absolute atomic E-state index is 0.00197. The largest absolute Gasteiger partial charge is 0.497 e. The number of carbonyl (C=O) groups excluding carboxylic acids is 1. The van der Waals surface area contributed by atoms with Gasteiger partial charge in [0.25, 0.3) is 0 Å². The van der Waals surface area contributed by atoms with E-state index < -0.39 is 10.0 Å². The number of sulfonamides is 1. The van der Waals surface area contributed by atoms with E-state index in [0.717, 1.165) is 32.6 Å². The number of benzene rings is 1. The summed E-state index contributed by atoms with van der Waals surface area (Å²) >= 11 is 0. The smallest absolute Gasteiger partial charge is 0.240 e. The highest BCUT2D eigenvalue weighted by molar-refractivity contribution is 7.89. The number of nitrogens with zero attached hydrogens (tertiary/aromatic N) is 1. The highest BCUT2D eigenvalue weighted by Crippen LogP contribution is 2.15. The van der Waals surface area contributed by atoms with Gasteiger partial charge in [0.05, 0.1) is 38.7 Å². The Labute approximate surface area is 143 Å². The van der Waals surface area contributed by atoms with E-state index in [-0.39, 0.29) is 23.8 Å². The van der Waals surface area contributed by atoms with Crippen molar-refractivity contribution in [1.29, 1.82) is 0 Å². The van der Waals surface area contributed by atoms with Gasteiger partial charge in [0.15, 0.2) is 0 Å². The molecule has 2 N–H and O–H groups in total. The molecule has 0 spiro atoms. The topological polar surface area (TPSA) is 80.1 Å². The lowest BCUT2D eigenvalue weighted by molar-refractivity contribution is -0.877. The van der Waals surface area contributed by atoms with Gasteiger partial charge in [-0.3, -0.25) is 4.79 Å². The highest BCUT2D eigenvalue weighted by atomic mass is 32.2. The summed E-state index contributed by atoms with van der Waals surface area (Å²) in [5.74, 6) is 0.597. The van der Waals surface area contributed by atoms with E-state index in [1.165, 1.54) is 24.1 Å². The fourth-order valence-electron chi connectivity index (χ4n) is 2.67. The first-order valence-corrected chi connectivity index (χ1v) is 9.63. The normalized spacial score (nSPS) is 18.9. The molecule has 0 aliphatic carbocycles. The van der Waals surface area contributed by atoms with Gasteiger partial charge in [-0.1, -0.05) is 0 Å². The number of carbonyl (C=O) groups is 1. The Hall–Kier alpha value is -1.64. The molecule has 8 heteroatoms. The summed E-state index contributed by atoms with van der Waals surface area (Å²) in [6.07, 6.45) is 1.16. The van der Waals surface area contributed by atoms with Gasteiger partial charge in [-0.25, -0.2) is 13.1 Å². The third-order valence-electron chi connectivity index (χ3n) is 4.19. The number of amides is 1. The van der Waals surface area contributed by atoms with Crippen LogP contribution in [-0.4, -0.2) is 66.1 Å². The Balaban J connectivity index is 1.84. The molecule has 7 nitrogen and oxygen atoms in total. The molecule has 134 valence electrons. The molecule has 1 atom stereocenters. The molecule has 1 aromatic rings. The summed E-state index contributed by atoms with van der Waals surface area (Å²) in [6, 6.07) is 6.15. The van der Waals surface area contributed by atoms with Crippen molar-refractivity contribution in [3.8, 4) is 5.75 Å². The van der Waals surface area contributed by atoms with E-state index in [1.54, 1.807) is 12.1 Å². The molecule has 0 aromatic heterocycles. The van der Waals surface area contributed by atoms with Crippen molar-refractivity contribution >= 4 is 15.9 Å². The van der Waals surface area contributed by atoms with Gasteiger partial charge in [-0.2, -0.15) is 0 Å². The standard InChI is InChI=1S/C16H25N3O4S/c1-18-10-3-11-19(13-12-18)16(20)8-9-17-24(21,22)15-6-4-14(23-2)5-7-15/h4-7,17H,3,8-13H2,1-2H3/p+1. The summed E-state index contributed by atoms with van der Waals surface area (Å²) in [5, 5.41) is 0. The lowest BCUT2D eigenvalue weighted by Gasteiger charge is -2.19. The number of quaternary nitrogens is 1. The van der Waals surface area contributed by atoms with Crippen LogP contribution >= 0.6 is 0 Å². The Kier molecular flexibility index (Phi) is 6.59. The first-order chi connectivity index (χ1) is 11.4. The van der Waals surface area contributed by atoms with Crippen molar-refractivity contribution in [2.24, 2.45) is 0 Å². The Morgan fingerprint density at radius 1 is 1.25 bits per heavy atom. The molecular weight excluding hydrogens is 330 g/mol.